The van der Waals surface area contributed by atoms with E-state index >= 15 is 0 Å². The number of nitrogens with zero attached hydrogens (tertiary/aromatic N) is 2. The molecular formula is C17H22N4O3S2. The van der Waals surface area contributed by atoms with Crippen LogP contribution in [0.25, 0.3) is 0 Å². The lowest BCUT2D eigenvalue weighted by atomic mass is 10.1. The molecule has 0 unspecified atom stereocenters. The minimum absolute atomic E-state index is 0.0157. The number of amides is 1. The van der Waals surface area contributed by atoms with Crippen molar-refractivity contribution in [1.82, 2.24) is 14.9 Å². The fourth-order valence-electron chi connectivity index (χ4n) is 2.31. The van der Waals surface area contributed by atoms with Crippen molar-refractivity contribution in [3.8, 4) is 0 Å². The van der Waals surface area contributed by atoms with Gasteiger partial charge in [-0.1, -0.05) is 37.3 Å². The van der Waals surface area contributed by atoms with Crippen molar-refractivity contribution in [3.63, 3.8) is 0 Å². The number of hydrogen-bond donors (Lipinski definition) is 2. The third-order valence-electron chi connectivity index (χ3n) is 3.82. The zero-order valence-corrected chi connectivity index (χ0v) is 16.4. The first-order chi connectivity index (χ1) is 12.4. The van der Waals surface area contributed by atoms with Gasteiger partial charge in [-0.05, 0) is 31.0 Å². The molecule has 0 aliphatic heterocycles. The number of carbonyl (C=O) groups is 1. The summed E-state index contributed by atoms with van der Waals surface area (Å²) in [4.78, 5) is 12.4. The van der Waals surface area contributed by atoms with Crippen LogP contribution in [-0.4, -0.2) is 31.1 Å². The first-order valence-electron chi connectivity index (χ1n) is 8.26. The average Bonchev–Trinajstić information content (AvgIpc) is 3.09. The molecule has 0 saturated carbocycles. The maximum Gasteiger partial charge on any atom is 0.257 e. The van der Waals surface area contributed by atoms with Crippen LogP contribution in [0.1, 0.15) is 48.0 Å². The number of nitrogens with one attached hydrogen (secondary N) is 2. The molecule has 0 aliphatic carbocycles. The summed E-state index contributed by atoms with van der Waals surface area (Å²) in [6, 6.07) is 5.82. The highest BCUT2D eigenvalue weighted by Crippen LogP contribution is 2.28. The third kappa shape index (κ3) is 4.96. The molecule has 0 fully saturated rings. The maximum absolute atomic E-state index is 12.4. The first kappa shape index (κ1) is 20.2. The van der Waals surface area contributed by atoms with Gasteiger partial charge in [-0.15, -0.1) is 16.8 Å². The van der Waals surface area contributed by atoms with Gasteiger partial charge < -0.3 is 0 Å². The number of sulfonamides is 1. The van der Waals surface area contributed by atoms with Crippen molar-refractivity contribution < 1.29 is 13.2 Å². The zero-order chi connectivity index (χ0) is 19.2. The molecule has 0 aliphatic rings. The normalized spacial score (nSPS) is 11.5. The molecule has 0 atom stereocenters. The molecule has 2 aromatic rings. The fourth-order valence-corrected chi connectivity index (χ4v) is 4.36. The van der Waals surface area contributed by atoms with Crippen molar-refractivity contribution in [2.24, 2.45) is 0 Å². The lowest BCUT2D eigenvalue weighted by Gasteiger charge is -2.07. The van der Waals surface area contributed by atoms with E-state index in [1.165, 1.54) is 35.6 Å². The van der Waals surface area contributed by atoms with Crippen molar-refractivity contribution in [2.45, 2.75) is 37.5 Å². The number of hydrogen-bond acceptors (Lipinski definition) is 6. The Kier molecular flexibility index (Phi) is 7.01. The topological polar surface area (TPSA) is 101 Å². The summed E-state index contributed by atoms with van der Waals surface area (Å²) in [6.45, 7) is 7.75. The smallest absolute Gasteiger partial charge is 0.257 e. The monoisotopic (exact) mass is 394 g/mol. The maximum atomic E-state index is 12.4. The van der Waals surface area contributed by atoms with Crippen LogP contribution in [-0.2, 0) is 10.0 Å². The lowest BCUT2D eigenvalue weighted by Crippen LogP contribution is -2.24. The Hall–Kier alpha value is -2.10. The highest BCUT2D eigenvalue weighted by atomic mass is 32.2. The van der Waals surface area contributed by atoms with Crippen LogP contribution in [0.5, 0.6) is 0 Å². The quantitative estimate of drug-likeness (QED) is 0.636. The summed E-state index contributed by atoms with van der Waals surface area (Å²) >= 11 is 1.34. The van der Waals surface area contributed by atoms with Crippen LogP contribution in [0.2, 0.25) is 0 Å². The van der Waals surface area contributed by atoms with Gasteiger partial charge in [0.1, 0.15) is 5.01 Å². The Balaban J connectivity index is 2.15. The Labute approximate surface area is 157 Å². The molecule has 140 valence electrons. The predicted molar refractivity (Wildman–Crippen MR) is 103 cm³/mol. The van der Waals surface area contributed by atoms with E-state index < -0.39 is 15.9 Å². The Morgan fingerprint density at radius 3 is 2.69 bits per heavy atom. The van der Waals surface area contributed by atoms with Crippen molar-refractivity contribution in [1.29, 1.82) is 0 Å². The molecular weight excluding hydrogens is 372 g/mol. The minimum Gasteiger partial charge on any atom is -0.296 e. The summed E-state index contributed by atoms with van der Waals surface area (Å²) in [7, 11) is -3.69. The average molecular weight is 395 g/mol. The highest BCUT2D eigenvalue weighted by Gasteiger charge is 2.18. The van der Waals surface area contributed by atoms with E-state index in [1.807, 2.05) is 0 Å². The molecule has 1 amide bonds. The molecule has 0 saturated heterocycles. The van der Waals surface area contributed by atoms with Gasteiger partial charge in [-0.2, -0.15) is 0 Å². The number of rotatable bonds is 9. The third-order valence-corrected chi connectivity index (χ3v) is 6.24. The van der Waals surface area contributed by atoms with Gasteiger partial charge in [0, 0.05) is 18.0 Å². The van der Waals surface area contributed by atoms with Crippen LogP contribution < -0.4 is 10.0 Å². The van der Waals surface area contributed by atoms with Crippen LogP contribution in [0, 0.1) is 0 Å². The number of carbonyl (C=O) groups excluding carboxylic acids is 1. The van der Waals surface area contributed by atoms with Gasteiger partial charge >= 0.3 is 0 Å². The highest BCUT2D eigenvalue weighted by molar-refractivity contribution is 7.89. The summed E-state index contributed by atoms with van der Waals surface area (Å²) in [5, 5.41) is 12.1. The van der Waals surface area contributed by atoms with Crippen LogP contribution >= 0.6 is 11.3 Å². The lowest BCUT2D eigenvalue weighted by molar-refractivity contribution is 0.102. The van der Waals surface area contributed by atoms with Crippen molar-refractivity contribution in [2.75, 3.05) is 11.9 Å². The van der Waals surface area contributed by atoms with Crippen LogP contribution in [0.4, 0.5) is 5.13 Å². The second-order valence-corrected chi connectivity index (χ2v) is 8.36. The van der Waals surface area contributed by atoms with E-state index in [1.54, 1.807) is 6.07 Å². The second kappa shape index (κ2) is 9.02. The number of aromatic nitrogens is 2. The standard InChI is InChI=1S/C17H22N4O3S2/c1-4-10-18-26(23,24)14-9-7-8-13(11-14)15(22)19-17-21-20-16(25-17)12(5-2)6-3/h4,7-9,11-12,18H,1,5-6,10H2,2-3H3,(H,19,21,22). The van der Waals surface area contributed by atoms with E-state index in [-0.39, 0.29) is 17.0 Å². The predicted octanol–water partition coefficient (Wildman–Crippen LogP) is 3.16. The molecule has 0 spiro atoms. The molecule has 0 radical (unpaired) electrons. The van der Waals surface area contributed by atoms with E-state index in [9.17, 15) is 13.2 Å². The molecule has 1 aromatic heterocycles. The molecule has 9 heteroatoms. The van der Waals surface area contributed by atoms with Gasteiger partial charge in [-0.25, -0.2) is 13.1 Å². The zero-order valence-electron chi connectivity index (χ0n) is 14.7. The molecule has 2 rings (SSSR count). The molecule has 0 bridgehead atoms. The molecule has 26 heavy (non-hydrogen) atoms. The number of anilines is 1. The largest absolute Gasteiger partial charge is 0.296 e. The summed E-state index contributed by atoms with van der Waals surface area (Å²) < 4.78 is 26.7. The van der Waals surface area contributed by atoms with Crippen molar-refractivity contribution >= 4 is 32.4 Å². The van der Waals surface area contributed by atoms with Gasteiger partial charge in [0.25, 0.3) is 5.91 Å². The number of benzene rings is 1. The summed E-state index contributed by atoms with van der Waals surface area (Å²) in [6.07, 6.45) is 3.36. The first-order valence-corrected chi connectivity index (χ1v) is 10.6. The van der Waals surface area contributed by atoms with Gasteiger partial charge in [0.15, 0.2) is 0 Å². The molecule has 1 heterocycles. The van der Waals surface area contributed by atoms with Gasteiger partial charge in [0.2, 0.25) is 15.2 Å². The minimum atomic E-state index is -3.69. The second-order valence-electron chi connectivity index (χ2n) is 5.58. The van der Waals surface area contributed by atoms with E-state index in [0.29, 0.717) is 11.0 Å². The molecule has 2 N–H and O–H groups in total. The molecule has 7 nitrogen and oxygen atoms in total. The van der Waals surface area contributed by atoms with Gasteiger partial charge in [0.05, 0.1) is 4.90 Å². The Morgan fingerprint density at radius 2 is 2.04 bits per heavy atom. The van der Waals surface area contributed by atoms with E-state index in [0.717, 1.165) is 17.8 Å². The van der Waals surface area contributed by atoms with Crippen molar-refractivity contribution in [3.05, 3.63) is 47.5 Å². The van der Waals surface area contributed by atoms with E-state index in [4.69, 9.17) is 0 Å². The summed E-state index contributed by atoms with van der Waals surface area (Å²) in [5.41, 5.74) is 0.228. The Morgan fingerprint density at radius 1 is 1.31 bits per heavy atom. The fraction of sp³-hybridized carbons (Fsp3) is 0.353. The van der Waals surface area contributed by atoms with Crippen LogP contribution in [0.15, 0.2) is 41.8 Å². The van der Waals surface area contributed by atoms with E-state index in [2.05, 4.69) is 40.7 Å². The summed E-state index contributed by atoms with van der Waals surface area (Å²) in [5.74, 6) is -0.111. The van der Waals surface area contributed by atoms with Crippen LogP contribution in [0.3, 0.4) is 0 Å². The Bertz CT molecular complexity index is 874. The molecule has 1 aromatic carbocycles. The van der Waals surface area contributed by atoms with Gasteiger partial charge in [-0.3, -0.25) is 10.1 Å². The SMILES string of the molecule is C=CCNS(=O)(=O)c1cccc(C(=O)Nc2nnc(C(CC)CC)s2)c1.